The number of hydrogen-bond acceptors (Lipinski definition) is 4. The normalized spacial score (nSPS) is 19.5. The molecular weight excluding hydrogens is 433 g/mol. The Hall–Kier alpha value is -2.93. The fourth-order valence-electron chi connectivity index (χ4n) is 4.89. The van der Waals surface area contributed by atoms with Crippen LogP contribution >= 0.6 is 0 Å². The molecule has 34 heavy (non-hydrogen) atoms. The van der Waals surface area contributed by atoms with Crippen LogP contribution in [0.15, 0.2) is 48.5 Å². The molecule has 2 amide bonds. The van der Waals surface area contributed by atoms with Gasteiger partial charge in [-0.05, 0) is 54.7 Å². The first-order chi connectivity index (χ1) is 16.5. The van der Waals surface area contributed by atoms with Crippen molar-refractivity contribution in [2.24, 2.45) is 5.92 Å². The van der Waals surface area contributed by atoms with Crippen LogP contribution < -0.4 is 4.74 Å². The van der Waals surface area contributed by atoms with Gasteiger partial charge in [0.15, 0.2) is 0 Å². The third-order valence-electron chi connectivity index (χ3n) is 6.86. The van der Waals surface area contributed by atoms with Gasteiger partial charge in [-0.25, -0.2) is 4.39 Å². The molecule has 2 aliphatic heterocycles. The van der Waals surface area contributed by atoms with E-state index in [2.05, 4.69) is 17.0 Å². The van der Waals surface area contributed by atoms with Crippen molar-refractivity contribution in [3.05, 3.63) is 65.5 Å². The maximum absolute atomic E-state index is 13.3. The average molecular weight is 468 g/mol. The van der Waals surface area contributed by atoms with Crippen LogP contribution in [0.5, 0.6) is 5.75 Å². The van der Waals surface area contributed by atoms with E-state index in [0.29, 0.717) is 13.1 Å². The van der Waals surface area contributed by atoms with Crippen LogP contribution in [0, 0.1) is 11.7 Å². The lowest BCUT2D eigenvalue weighted by Crippen LogP contribution is -2.47. The van der Waals surface area contributed by atoms with E-state index in [-0.39, 0.29) is 30.0 Å². The van der Waals surface area contributed by atoms with Crippen molar-refractivity contribution in [1.82, 2.24) is 14.7 Å². The molecule has 2 saturated heterocycles. The number of amides is 2. The highest BCUT2D eigenvalue weighted by Crippen LogP contribution is 2.21. The molecule has 0 aromatic heterocycles. The van der Waals surface area contributed by atoms with Crippen LogP contribution in [0.3, 0.4) is 0 Å². The average Bonchev–Trinajstić information content (AvgIpc) is 3.11. The summed E-state index contributed by atoms with van der Waals surface area (Å²) in [5, 5.41) is 0. The van der Waals surface area contributed by atoms with E-state index < -0.39 is 0 Å². The van der Waals surface area contributed by atoms with Crippen molar-refractivity contribution in [1.29, 1.82) is 0 Å². The fourth-order valence-corrected chi connectivity index (χ4v) is 4.89. The van der Waals surface area contributed by atoms with Gasteiger partial charge in [-0.2, -0.15) is 0 Å². The smallest absolute Gasteiger partial charge is 0.227 e. The number of carbonyl (C=O) groups is 2. The lowest BCUT2D eigenvalue weighted by Gasteiger charge is -2.35. The number of piperidine rings is 1. The van der Waals surface area contributed by atoms with E-state index in [1.807, 2.05) is 21.9 Å². The Balaban J connectivity index is 1.28. The Bertz CT molecular complexity index is 964. The second-order valence-electron chi connectivity index (χ2n) is 9.29. The van der Waals surface area contributed by atoms with Gasteiger partial charge in [-0.3, -0.25) is 14.5 Å². The van der Waals surface area contributed by atoms with Gasteiger partial charge in [0.2, 0.25) is 11.8 Å². The molecule has 182 valence electrons. The molecule has 6 nitrogen and oxygen atoms in total. The molecule has 2 aromatic carbocycles. The minimum Gasteiger partial charge on any atom is -0.497 e. The molecule has 0 N–H and O–H groups in total. The third kappa shape index (κ3) is 6.35. The molecule has 0 aliphatic carbocycles. The maximum atomic E-state index is 13.3. The summed E-state index contributed by atoms with van der Waals surface area (Å²) in [6.45, 7) is 5.30. The highest BCUT2D eigenvalue weighted by Gasteiger charge is 2.32. The SMILES string of the molecule is COc1ccc(CN2CCCN(C(=O)C3CCCN(C(=O)Cc4ccc(F)cc4)C3)CC2)cc1. The molecule has 0 spiro atoms. The minimum atomic E-state index is -0.306. The first kappa shape index (κ1) is 24.2. The van der Waals surface area contributed by atoms with Gasteiger partial charge in [0.1, 0.15) is 11.6 Å². The van der Waals surface area contributed by atoms with Crippen LogP contribution in [0.4, 0.5) is 4.39 Å². The van der Waals surface area contributed by atoms with E-state index in [0.717, 1.165) is 63.3 Å². The van der Waals surface area contributed by atoms with Crippen LogP contribution in [0.25, 0.3) is 0 Å². The molecule has 2 aliphatic rings. The summed E-state index contributed by atoms with van der Waals surface area (Å²) in [7, 11) is 1.67. The zero-order valence-corrected chi connectivity index (χ0v) is 19.9. The van der Waals surface area contributed by atoms with Crippen molar-refractivity contribution >= 4 is 11.8 Å². The Morgan fingerprint density at radius 2 is 1.59 bits per heavy atom. The van der Waals surface area contributed by atoms with Crippen LogP contribution in [-0.4, -0.2) is 72.9 Å². The van der Waals surface area contributed by atoms with Crippen LogP contribution in [0.2, 0.25) is 0 Å². The quantitative estimate of drug-likeness (QED) is 0.654. The molecular formula is C27H34FN3O3. The van der Waals surface area contributed by atoms with Crippen molar-refractivity contribution in [3.8, 4) is 5.75 Å². The number of nitrogens with zero attached hydrogens (tertiary/aromatic N) is 3. The second-order valence-corrected chi connectivity index (χ2v) is 9.29. The van der Waals surface area contributed by atoms with Gasteiger partial charge < -0.3 is 14.5 Å². The number of rotatable bonds is 6. The van der Waals surface area contributed by atoms with Crippen LogP contribution in [-0.2, 0) is 22.6 Å². The number of likely N-dealkylation sites (tertiary alicyclic amines) is 1. The van der Waals surface area contributed by atoms with Gasteiger partial charge in [0.05, 0.1) is 19.4 Å². The zero-order valence-electron chi connectivity index (χ0n) is 19.9. The summed E-state index contributed by atoms with van der Waals surface area (Å²) < 4.78 is 18.4. The Morgan fingerprint density at radius 3 is 2.32 bits per heavy atom. The largest absolute Gasteiger partial charge is 0.497 e. The first-order valence-electron chi connectivity index (χ1n) is 12.2. The number of carbonyl (C=O) groups excluding carboxylic acids is 2. The predicted molar refractivity (Wildman–Crippen MR) is 129 cm³/mol. The maximum Gasteiger partial charge on any atom is 0.227 e. The molecule has 4 rings (SSSR count). The number of ether oxygens (including phenoxy) is 1. The summed E-state index contributed by atoms with van der Waals surface area (Å²) in [5.74, 6) is 0.587. The van der Waals surface area contributed by atoms with Gasteiger partial charge in [0, 0.05) is 45.8 Å². The number of methoxy groups -OCH3 is 1. The molecule has 0 radical (unpaired) electrons. The first-order valence-corrected chi connectivity index (χ1v) is 12.2. The molecule has 1 unspecified atom stereocenters. The van der Waals surface area contributed by atoms with Crippen molar-refractivity contribution < 1.29 is 18.7 Å². The summed E-state index contributed by atoms with van der Waals surface area (Å²) in [4.78, 5) is 32.3. The predicted octanol–water partition coefficient (Wildman–Crippen LogP) is 3.35. The van der Waals surface area contributed by atoms with Gasteiger partial charge >= 0.3 is 0 Å². The van der Waals surface area contributed by atoms with Crippen molar-refractivity contribution in [2.75, 3.05) is 46.4 Å². The molecule has 0 saturated carbocycles. The Morgan fingerprint density at radius 1 is 0.882 bits per heavy atom. The standard InChI is InChI=1S/C27H34FN3O3/c1-34-25-11-7-22(8-12-25)19-29-13-3-15-30(17-16-29)27(33)23-4-2-14-31(20-23)26(32)18-21-5-9-24(28)10-6-21/h5-12,23H,2-4,13-20H2,1H3. The number of benzene rings is 2. The highest BCUT2D eigenvalue weighted by molar-refractivity contribution is 5.82. The summed E-state index contributed by atoms with van der Waals surface area (Å²) in [6.07, 6.45) is 2.85. The summed E-state index contributed by atoms with van der Waals surface area (Å²) in [6, 6.07) is 14.2. The molecule has 2 heterocycles. The molecule has 0 bridgehead atoms. The van der Waals surface area contributed by atoms with Gasteiger partial charge in [-0.1, -0.05) is 24.3 Å². The lowest BCUT2D eigenvalue weighted by atomic mass is 9.95. The molecule has 2 aromatic rings. The Kier molecular flexibility index (Phi) is 8.16. The topological polar surface area (TPSA) is 53.1 Å². The third-order valence-corrected chi connectivity index (χ3v) is 6.86. The van der Waals surface area contributed by atoms with Crippen LogP contribution in [0.1, 0.15) is 30.4 Å². The fraction of sp³-hybridized carbons (Fsp3) is 0.481. The Labute approximate surface area is 201 Å². The molecule has 2 fully saturated rings. The van der Waals surface area contributed by atoms with E-state index in [1.54, 1.807) is 19.2 Å². The van der Waals surface area contributed by atoms with E-state index >= 15 is 0 Å². The molecule has 7 heteroatoms. The van der Waals surface area contributed by atoms with Gasteiger partial charge in [0.25, 0.3) is 0 Å². The number of hydrogen-bond donors (Lipinski definition) is 0. The van der Waals surface area contributed by atoms with Crippen molar-refractivity contribution in [2.45, 2.75) is 32.2 Å². The molecule has 1 atom stereocenters. The minimum absolute atomic E-state index is 0.00522. The summed E-state index contributed by atoms with van der Waals surface area (Å²) >= 11 is 0. The van der Waals surface area contributed by atoms with E-state index in [4.69, 9.17) is 4.74 Å². The van der Waals surface area contributed by atoms with E-state index in [1.165, 1.54) is 17.7 Å². The monoisotopic (exact) mass is 467 g/mol. The highest BCUT2D eigenvalue weighted by atomic mass is 19.1. The lowest BCUT2D eigenvalue weighted by molar-refractivity contribution is -0.140. The zero-order chi connectivity index (χ0) is 23.9. The van der Waals surface area contributed by atoms with Crippen molar-refractivity contribution in [3.63, 3.8) is 0 Å². The van der Waals surface area contributed by atoms with Gasteiger partial charge in [-0.15, -0.1) is 0 Å². The van der Waals surface area contributed by atoms with E-state index in [9.17, 15) is 14.0 Å². The number of halogens is 1. The second kappa shape index (κ2) is 11.5. The summed E-state index contributed by atoms with van der Waals surface area (Å²) in [5.41, 5.74) is 2.03.